The number of aliphatic hydroxyl groups excluding tert-OH is 2. The Balaban J connectivity index is 1.39. The number of hydrogen-bond donors (Lipinski definition) is 30. The summed E-state index contributed by atoms with van der Waals surface area (Å²) in [5.74, 6) is -16.9. The number of guanidine groups is 2. The number of para-hydroxylation sites is 1. The van der Waals surface area contributed by atoms with E-state index in [2.05, 4.69) is 110 Å². The first kappa shape index (κ1) is 116. The molecule has 0 fully saturated rings. The molecule has 2 aromatic carbocycles. The van der Waals surface area contributed by atoms with Crippen LogP contribution in [0.3, 0.4) is 0 Å². The fourth-order valence-electron chi connectivity index (χ4n) is 14.9. The quantitative estimate of drug-likeness (QED) is 0.0102. The molecule has 770 valence electrons. The number of H-pyrrole nitrogens is 3. The number of amides is 14. The molecule has 0 unspecified atom stereocenters. The van der Waals surface area contributed by atoms with E-state index in [9.17, 15) is 82.8 Å². The van der Waals surface area contributed by atoms with Gasteiger partial charge in [-0.15, -0.1) is 0 Å². The predicted molar refractivity (Wildman–Crippen MR) is 520 cm³/mol. The molecule has 0 radical (unpaired) electrons. The van der Waals surface area contributed by atoms with Gasteiger partial charge in [0.05, 0.1) is 31.4 Å². The van der Waals surface area contributed by atoms with Gasteiger partial charge in [-0.1, -0.05) is 98.6 Å². The molecule has 0 aliphatic rings. The summed E-state index contributed by atoms with van der Waals surface area (Å²) in [6, 6.07) is -9.57. The van der Waals surface area contributed by atoms with Crippen molar-refractivity contribution in [2.45, 2.75) is 275 Å². The van der Waals surface area contributed by atoms with E-state index in [0.717, 1.165) is 0 Å². The number of aromatic nitrogens is 5. The summed E-state index contributed by atoms with van der Waals surface area (Å²) in [4.78, 5) is 234. The fourth-order valence-corrected chi connectivity index (χ4v) is 15.4. The molecule has 3 heterocycles. The Morgan fingerprint density at radius 2 is 0.827 bits per heavy atom. The zero-order chi connectivity index (χ0) is 103. The second-order valence-electron chi connectivity index (χ2n) is 35.4. The number of benzene rings is 2. The van der Waals surface area contributed by atoms with Crippen molar-refractivity contribution in [2.75, 3.05) is 44.8 Å². The number of fused-ring (bicyclic) bond motifs is 1. The zero-order valence-electron chi connectivity index (χ0n) is 80.6. The Kier molecular flexibility index (Phi) is 50.8. The molecule has 5 aromatic rings. The molecule has 0 saturated heterocycles. The van der Waals surface area contributed by atoms with E-state index in [-0.39, 0.29) is 133 Å². The number of nitrogens with zero attached hydrogens (tertiary/aromatic N) is 2. The standard InChI is InChI=1S/C91H146N28O19S/c1-11-50(7)72(117-75(123)59(94)22-19-34-101-90(95)96)87(135)109-63(26-20-35-102-91(97)98)79(127)119-74(52(9)121)88(136)114-67(39-54-42-103-60-23-14-13-21-58(54)60)80(128)106-61(24-15-17-32-92)77(125)115-70(45-120)85(133)110-65(37-48(3)4)83(131)116-71(49(5)6)86(134)108-62(25-16-18-33-93)76(124)112-69(41-56-44-100-47-105-56)82(130)113-68(40-55-43-99-46-104-55)81(129)107-64(31-36-139-10)78(126)111-66(38-53-27-29-57(122)30-28-53)84(132)118-73(89(137)138)51(8)12-2/h13-14,21,23,27-30,42-44,46-52,59,61-74,103,120-122H,11-12,15-20,22,24-26,31-41,45,92-94H2,1-10H3,(H,99,104)(H,100,105)(H,106,128)(H,107,129)(H,108,134)(H,109,135)(H,110,133)(H,111,126)(H,112,124)(H,113,130)(H,114,136)(H,115,125)(H,116,131)(H,117,123)(H,118,132)(H,119,127)(H,137,138)(H4,95,96,101)(H4,97,98,102)/t50-,51-,52+,59-,61-,62-,63-,64-,65-,66-,67-,68-,69-,70-,71-,72-,73-,74-/m0/s1. The highest BCUT2D eigenvalue weighted by atomic mass is 32.2. The van der Waals surface area contributed by atoms with E-state index in [4.69, 9.17) is 39.5 Å². The number of carboxylic acids is 1. The van der Waals surface area contributed by atoms with E-state index in [1.165, 1.54) is 68.0 Å². The summed E-state index contributed by atoms with van der Waals surface area (Å²) in [6.07, 6.45) is 7.97. The first-order valence-electron chi connectivity index (χ1n) is 46.9. The lowest BCUT2D eigenvalue weighted by Crippen LogP contribution is -2.62. The number of nitrogens with one attached hydrogen (secondary N) is 21. The molecule has 35 N–H and O–H groups in total. The Morgan fingerprint density at radius 1 is 0.439 bits per heavy atom. The number of carbonyl (C=O) groups excluding carboxylic acids is 14. The van der Waals surface area contributed by atoms with E-state index >= 15 is 9.59 Å². The summed E-state index contributed by atoms with van der Waals surface area (Å²) < 4.78 is 0. The molecule has 14 amide bonds. The normalized spacial score (nSPS) is 15.2. The smallest absolute Gasteiger partial charge is 0.326 e. The molecule has 139 heavy (non-hydrogen) atoms. The Labute approximate surface area is 812 Å². The highest BCUT2D eigenvalue weighted by Gasteiger charge is 2.41. The number of phenols is 1. The van der Waals surface area contributed by atoms with Crippen LogP contribution in [0.15, 0.2) is 79.8 Å². The maximum Gasteiger partial charge on any atom is 0.326 e. The molecule has 0 bridgehead atoms. The summed E-state index contributed by atoms with van der Waals surface area (Å²) >= 11 is 1.33. The third-order valence-electron chi connectivity index (χ3n) is 23.4. The van der Waals surface area contributed by atoms with E-state index < -0.39 is 216 Å². The van der Waals surface area contributed by atoms with Crippen LogP contribution in [-0.4, -0.2) is 287 Å². The number of aliphatic hydroxyl groups is 2. The molecular formula is C91H146N28O19S. The van der Waals surface area contributed by atoms with Crippen molar-refractivity contribution in [1.29, 1.82) is 10.8 Å². The third-order valence-corrected chi connectivity index (χ3v) is 24.0. The predicted octanol–water partition coefficient (Wildman–Crippen LogP) is -3.51. The van der Waals surface area contributed by atoms with Gasteiger partial charge in [0.1, 0.15) is 90.3 Å². The largest absolute Gasteiger partial charge is 0.508 e. The van der Waals surface area contributed by atoms with Crippen LogP contribution in [0.5, 0.6) is 5.75 Å². The van der Waals surface area contributed by atoms with Gasteiger partial charge in [-0.25, -0.2) is 14.8 Å². The van der Waals surface area contributed by atoms with Crippen LogP contribution in [0.4, 0.5) is 0 Å². The molecule has 47 nitrogen and oxygen atoms in total. The van der Waals surface area contributed by atoms with E-state index in [1.807, 2.05) is 0 Å². The van der Waals surface area contributed by atoms with Crippen LogP contribution in [0.25, 0.3) is 10.9 Å². The van der Waals surface area contributed by atoms with Gasteiger partial charge >= 0.3 is 5.97 Å². The van der Waals surface area contributed by atoms with Crippen LogP contribution < -0.4 is 114 Å². The second kappa shape index (κ2) is 60.6. The lowest BCUT2D eigenvalue weighted by Gasteiger charge is -2.30. The van der Waals surface area contributed by atoms with Gasteiger partial charge in [0, 0.05) is 79.7 Å². The number of nitrogens with two attached hydrogens (primary N) is 5. The number of thioether (sulfide) groups is 1. The maximum absolute atomic E-state index is 15.1. The van der Waals surface area contributed by atoms with Crippen molar-refractivity contribution in [2.24, 2.45) is 52.3 Å². The number of carbonyl (C=O) groups is 15. The average Bonchev–Trinajstić information content (AvgIpc) is 1.61. The van der Waals surface area contributed by atoms with Crippen molar-refractivity contribution >= 4 is 123 Å². The van der Waals surface area contributed by atoms with Gasteiger partial charge in [0.15, 0.2) is 11.9 Å². The van der Waals surface area contributed by atoms with Crippen LogP contribution in [-0.2, 0) is 97.6 Å². The molecule has 0 aliphatic heterocycles. The molecule has 5 rings (SSSR count). The SMILES string of the molecule is CC[C@H](C)[C@H](NC(=O)[C@H](Cc1ccc(O)cc1)NC(=O)[C@H](CCSC)NC(=O)[C@H](Cc1cnc[nH]1)NC(=O)[C@H](Cc1cnc[nH]1)NC(=O)[C@H](CCCCN)NC(=O)[C@@H](NC(=O)[C@H](CC(C)C)NC(=O)[C@H](CO)NC(=O)[C@H](CCCCN)NC(=O)[C@H](Cc1c[nH]c2ccccc12)NC(=O)[C@@H](NC(=O)[C@H](CCCNC(=N)N)NC(=O)[C@@H](NC(=O)[C@@H](N)CCCNC(=N)N)[C@@H](C)CC)[C@@H](C)O)C(C)C)C(=O)O. The Morgan fingerprint density at radius 3 is 1.29 bits per heavy atom. The third kappa shape index (κ3) is 40.1. The number of hydrogen-bond acceptors (Lipinski definition) is 26. The first-order chi connectivity index (χ1) is 66.1. The van der Waals surface area contributed by atoms with Crippen molar-refractivity contribution in [3.05, 3.63) is 102 Å². The summed E-state index contributed by atoms with van der Waals surface area (Å²) in [5, 5.41) is 100. The minimum Gasteiger partial charge on any atom is -0.508 e. The Bertz CT molecular complexity index is 4790. The number of aliphatic carboxylic acids is 1. The highest BCUT2D eigenvalue weighted by molar-refractivity contribution is 7.98. The van der Waals surface area contributed by atoms with Crippen LogP contribution in [0.2, 0.25) is 0 Å². The zero-order valence-corrected chi connectivity index (χ0v) is 81.4. The van der Waals surface area contributed by atoms with Crippen LogP contribution in [0.1, 0.15) is 175 Å². The van der Waals surface area contributed by atoms with Gasteiger partial charge in [0.25, 0.3) is 0 Å². The number of phenolic OH excluding ortho intramolecular Hbond substituents is 1. The number of imidazole rings is 2. The van der Waals surface area contributed by atoms with Gasteiger partial charge in [0.2, 0.25) is 82.7 Å². The van der Waals surface area contributed by atoms with Crippen molar-refractivity contribution < 1.29 is 92.3 Å². The van der Waals surface area contributed by atoms with E-state index in [0.29, 0.717) is 65.5 Å². The monoisotopic (exact) mass is 1970 g/mol. The average molecular weight is 1970 g/mol. The summed E-state index contributed by atoms with van der Waals surface area (Å²) in [7, 11) is 0. The molecule has 0 spiro atoms. The van der Waals surface area contributed by atoms with Gasteiger partial charge in [-0.05, 0) is 162 Å². The molecule has 18 atom stereocenters. The molecule has 0 saturated carbocycles. The minimum absolute atomic E-state index is 0.0162. The van der Waals surface area contributed by atoms with Crippen molar-refractivity contribution in [1.82, 2.24) is 110 Å². The number of rotatable bonds is 65. The maximum atomic E-state index is 15.1. The summed E-state index contributed by atoms with van der Waals surface area (Å²) in [6.45, 7) is 14.2. The lowest BCUT2D eigenvalue weighted by atomic mass is 9.96. The molecular weight excluding hydrogens is 1820 g/mol. The van der Waals surface area contributed by atoms with Gasteiger partial charge < -0.3 is 149 Å². The summed E-state index contributed by atoms with van der Waals surface area (Å²) in [5.41, 5.74) is 31.2. The minimum atomic E-state index is -1.86. The second-order valence-corrected chi connectivity index (χ2v) is 36.4. The fraction of sp³-hybridized carbons (Fsp3) is 0.593. The van der Waals surface area contributed by atoms with Crippen LogP contribution >= 0.6 is 11.8 Å². The number of aromatic hydroxyl groups is 1. The lowest BCUT2D eigenvalue weighted by molar-refractivity contribution is -0.144. The number of carboxylic acid groups (broad SMARTS) is 1. The van der Waals surface area contributed by atoms with Gasteiger partial charge in [-0.2, -0.15) is 11.8 Å². The van der Waals surface area contributed by atoms with Gasteiger partial charge in [-0.3, -0.25) is 77.9 Å². The van der Waals surface area contributed by atoms with Crippen molar-refractivity contribution in [3.8, 4) is 5.75 Å². The highest BCUT2D eigenvalue weighted by Crippen LogP contribution is 2.22. The molecule has 3 aromatic heterocycles. The number of unbranched alkanes of at least 4 members (excludes halogenated alkanes) is 2. The molecule has 0 aliphatic carbocycles. The first-order valence-corrected chi connectivity index (χ1v) is 48.3. The topological polar surface area (TPSA) is 780 Å². The van der Waals surface area contributed by atoms with Crippen molar-refractivity contribution in [3.63, 3.8) is 0 Å². The molecule has 48 heteroatoms. The van der Waals surface area contributed by atoms with Crippen LogP contribution in [0, 0.1) is 34.5 Å². The number of aromatic amines is 3. The Hall–Kier alpha value is -13.1. The van der Waals surface area contributed by atoms with E-state index in [1.54, 1.807) is 92.1 Å².